The van der Waals surface area contributed by atoms with Crippen molar-refractivity contribution in [2.45, 2.75) is 0 Å². The van der Waals surface area contributed by atoms with E-state index < -0.39 is 17.3 Å². The Morgan fingerprint density at radius 3 is 2.50 bits per heavy atom. The van der Waals surface area contributed by atoms with Gasteiger partial charge in [0.2, 0.25) is 0 Å². The van der Waals surface area contributed by atoms with Gasteiger partial charge in [-0.05, 0) is 0 Å². The van der Waals surface area contributed by atoms with Crippen molar-refractivity contribution < 1.29 is 24.2 Å². The van der Waals surface area contributed by atoms with Crippen LogP contribution in [-0.2, 0) is 0 Å². The zero-order valence-electron chi connectivity index (χ0n) is 11.1. The number of phenolic OH excluding ortho intramolecular Hbond substituents is 1. The second kappa shape index (κ2) is 5.25. The lowest BCUT2D eigenvalue weighted by Crippen LogP contribution is -2.05. The summed E-state index contributed by atoms with van der Waals surface area (Å²) >= 11 is 0. The van der Waals surface area contributed by atoms with Crippen LogP contribution in [0.25, 0.3) is 22.3 Å². The molecule has 0 saturated carbocycles. The third kappa shape index (κ3) is 2.49. The molecule has 6 nitrogen and oxygen atoms in total. The molecule has 2 N–H and O–H groups in total. The van der Waals surface area contributed by atoms with Crippen molar-refractivity contribution in [3.63, 3.8) is 0 Å². The highest BCUT2D eigenvalue weighted by Gasteiger charge is 2.14. The van der Waals surface area contributed by atoms with Crippen LogP contribution in [0.15, 0.2) is 57.7 Å². The fourth-order valence-electron chi connectivity index (χ4n) is 2.15. The average molecular weight is 298 g/mol. The molecule has 22 heavy (non-hydrogen) atoms. The molecule has 0 aliphatic rings. The van der Waals surface area contributed by atoms with Crippen molar-refractivity contribution in [1.82, 2.24) is 0 Å². The topological polar surface area (TPSA) is 97.0 Å². The molecule has 0 bridgehead atoms. The Balaban J connectivity index is 2.23. The highest BCUT2D eigenvalue weighted by atomic mass is 16.7. The predicted octanol–water partition coefficient (Wildman–Crippen LogP) is 3.22. The quantitative estimate of drug-likeness (QED) is 0.557. The first-order chi connectivity index (χ1) is 10.5. The molecule has 0 fully saturated rings. The summed E-state index contributed by atoms with van der Waals surface area (Å²) in [5.74, 6) is -0.224. The summed E-state index contributed by atoms with van der Waals surface area (Å²) in [6, 6.07) is 12.5. The number of carboxylic acid groups (broad SMARTS) is 1. The van der Waals surface area contributed by atoms with Crippen LogP contribution in [0.1, 0.15) is 0 Å². The average Bonchev–Trinajstić information content (AvgIpc) is 2.46. The van der Waals surface area contributed by atoms with E-state index in [0.29, 0.717) is 11.3 Å². The van der Waals surface area contributed by atoms with Crippen molar-refractivity contribution in [3.8, 4) is 22.8 Å². The molecule has 0 saturated heterocycles. The van der Waals surface area contributed by atoms with Gasteiger partial charge in [-0.25, -0.2) is 4.79 Å². The maximum Gasteiger partial charge on any atom is 0.511 e. The molecule has 0 unspecified atom stereocenters. The Bertz CT molecular complexity index is 911. The fraction of sp³-hybridized carbons (Fsp3) is 0. The first kappa shape index (κ1) is 13.7. The lowest BCUT2D eigenvalue weighted by Gasteiger charge is -2.06. The van der Waals surface area contributed by atoms with Gasteiger partial charge in [0.25, 0.3) is 0 Å². The smallest absolute Gasteiger partial charge is 0.507 e. The number of benzene rings is 2. The predicted molar refractivity (Wildman–Crippen MR) is 78.2 cm³/mol. The van der Waals surface area contributed by atoms with E-state index in [1.165, 1.54) is 12.1 Å². The largest absolute Gasteiger partial charge is 0.511 e. The summed E-state index contributed by atoms with van der Waals surface area (Å²) in [4.78, 5) is 22.7. The van der Waals surface area contributed by atoms with E-state index in [0.717, 1.165) is 6.07 Å². The Morgan fingerprint density at radius 1 is 1.09 bits per heavy atom. The minimum Gasteiger partial charge on any atom is -0.507 e. The molecule has 0 spiro atoms. The fourth-order valence-corrected chi connectivity index (χ4v) is 2.15. The molecule has 3 aromatic rings. The van der Waals surface area contributed by atoms with E-state index in [1.54, 1.807) is 24.3 Å². The zero-order valence-corrected chi connectivity index (χ0v) is 11.1. The Labute approximate surface area is 123 Å². The van der Waals surface area contributed by atoms with E-state index in [4.69, 9.17) is 9.52 Å². The summed E-state index contributed by atoms with van der Waals surface area (Å²) < 4.78 is 10.1. The highest BCUT2D eigenvalue weighted by Crippen LogP contribution is 2.31. The molecular weight excluding hydrogens is 288 g/mol. The van der Waals surface area contributed by atoms with Gasteiger partial charge in [0.15, 0.2) is 5.43 Å². The second-order valence-electron chi connectivity index (χ2n) is 4.52. The Hall–Kier alpha value is -3.28. The molecule has 1 heterocycles. The molecule has 110 valence electrons. The molecule has 0 atom stereocenters. The number of rotatable bonds is 2. The lowest BCUT2D eigenvalue weighted by molar-refractivity contribution is 0.144. The molecule has 6 heteroatoms. The first-order valence-corrected chi connectivity index (χ1v) is 6.31. The molecule has 3 rings (SSSR count). The lowest BCUT2D eigenvalue weighted by atomic mass is 10.1. The maximum absolute atomic E-state index is 12.2. The number of ether oxygens (including phenoxy) is 1. The van der Waals surface area contributed by atoms with E-state index in [1.807, 2.05) is 6.07 Å². The van der Waals surface area contributed by atoms with E-state index >= 15 is 0 Å². The van der Waals surface area contributed by atoms with Gasteiger partial charge < -0.3 is 19.4 Å². The summed E-state index contributed by atoms with van der Waals surface area (Å²) in [6.45, 7) is 0. The number of hydrogen-bond donors (Lipinski definition) is 2. The molecule has 2 aromatic carbocycles. The van der Waals surface area contributed by atoms with Crippen LogP contribution < -0.4 is 10.2 Å². The van der Waals surface area contributed by atoms with Crippen LogP contribution in [0.4, 0.5) is 4.79 Å². The minimum absolute atomic E-state index is 0.0302. The van der Waals surface area contributed by atoms with Gasteiger partial charge in [0, 0.05) is 23.8 Å². The zero-order chi connectivity index (χ0) is 15.7. The maximum atomic E-state index is 12.2. The van der Waals surface area contributed by atoms with Crippen LogP contribution in [0, 0.1) is 0 Å². The van der Waals surface area contributed by atoms with Crippen molar-refractivity contribution in [2.24, 2.45) is 0 Å². The van der Waals surface area contributed by atoms with E-state index in [-0.39, 0.29) is 16.7 Å². The molecule has 0 aliphatic carbocycles. The number of hydrogen-bond acceptors (Lipinski definition) is 5. The second-order valence-corrected chi connectivity index (χ2v) is 4.52. The SMILES string of the molecule is O=C(O)Oc1cc(O)c2c(=O)cc(-c3ccccc3)oc2c1. The molecule has 0 amide bonds. The van der Waals surface area contributed by atoms with Gasteiger partial charge in [0.05, 0.1) is 0 Å². The van der Waals surface area contributed by atoms with Gasteiger partial charge in [-0.1, -0.05) is 30.3 Å². The van der Waals surface area contributed by atoms with Crippen LogP contribution >= 0.6 is 0 Å². The standard InChI is InChI=1S/C16H10O6/c17-11-6-10(21-16(19)20)7-14-15(11)12(18)8-13(22-14)9-4-2-1-3-5-9/h1-8,17H,(H,19,20). The third-order valence-electron chi connectivity index (χ3n) is 3.05. The molecule has 0 radical (unpaired) electrons. The van der Waals surface area contributed by atoms with Gasteiger partial charge in [-0.2, -0.15) is 0 Å². The number of phenols is 1. The van der Waals surface area contributed by atoms with Gasteiger partial charge in [-0.15, -0.1) is 0 Å². The normalized spacial score (nSPS) is 10.5. The van der Waals surface area contributed by atoms with Crippen molar-refractivity contribution in [2.75, 3.05) is 0 Å². The van der Waals surface area contributed by atoms with Crippen LogP contribution in [0.5, 0.6) is 11.5 Å². The number of carbonyl (C=O) groups is 1. The van der Waals surface area contributed by atoms with E-state index in [9.17, 15) is 14.7 Å². The molecule has 1 aromatic heterocycles. The molecule has 0 aliphatic heterocycles. The van der Waals surface area contributed by atoms with Crippen molar-refractivity contribution >= 4 is 17.1 Å². The van der Waals surface area contributed by atoms with Gasteiger partial charge >= 0.3 is 6.16 Å². The Kier molecular flexibility index (Phi) is 3.27. The third-order valence-corrected chi connectivity index (χ3v) is 3.05. The van der Waals surface area contributed by atoms with Gasteiger partial charge in [-0.3, -0.25) is 4.79 Å². The highest BCUT2D eigenvalue weighted by molar-refractivity contribution is 5.86. The van der Waals surface area contributed by atoms with Gasteiger partial charge in [0.1, 0.15) is 28.2 Å². The van der Waals surface area contributed by atoms with Crippen LogP contribution in [0.2, 0.25) is 0 Å². The van der Waals surface area contributed by atoms with Crippen LogP contribution in [-0.4, -0.2) is 16.4 Å². The van der Waals surface area contributed by atoms with Crippen molar-refractivity contribution in [3.05, 3.63) is 58.8 Å². The first-order valence-electron chi connectivity index (χ1n) is 6.31. The number of fused-ring (bicyclic) bond motifs is 1. The monoisotopic (exact) mass is 298 g/mol. The van der Waals surface area contributed by atoms with Crippen LogP contribution in [0.3, 0.4) is 0 Å². The number of aromatic hydroxyl groups is 1. The molecular formula is C16H10O6. The van der Waals surface area contributed by atoms with Crippen molar-refractivity contribution in [1.29, 1.82) is 0 Å². The summed E-state index contributed by atoms with van der Waals surface area (Å²) in [5.41, 5.74) is 0.299. The summed E-state index contributed by atoms with van der Waals surface area (Å²) in [5, 5.41) is 18.5. The minimum atomic E-state index is -1.53. The summed E-state index contributed by atoms with van der Waals surface area (Å²) in [6.07, 6.45) is -1.53. The van der Waals surface area contributed by atoms with E-state index in [2.05, 4.69) is 4.74 Å². The Morgan fingerprint density at radius 2 is 1.82 bits per heavy atom. The summed E-state index contributed by atoms with van der Waals surface area (Å²) in [7, 11) is 0.